The van der Waals surface area contributed by atoms with Crippen LogP contribution in [0.3, 0.4) is 0 Å². The summed E-state index contributed by atoms with van der Waals surface area (Å²) in [7, 11) is 0. The molecule has 0 fully saturated rings. The molecule has 1 atom stereocenters. The van der Waals surface area contributed by atoms with E-state index in [1.54, 1.807) is 0 Å². The number of aliphatic hydroxyl groups excluding tert-OH is 1. The van der Waals surface area contributed by atoms with Crippen molar-refractivity contribution in [2.45, 2.75) is 52.2 Å². The van der Waals surface area contributed by atoms with Crippen LogP contribution in [0.5, 0.6) is 0 Å². The lowest BCUT2D eigenvalue weighted by Gasteiger charge is -2.24. The van der Waals surface area contributed by atoms with Crippen molar-refractivity contribution in [2.24, 2.45) is 5.92 Å². The van der Waals surface area contributed by atoms with Gasteiger partial charge in [0.05, 0.1) is 12.2 Å². The Kier molecular flexibility index (Phi) is 5.16. The molecule has 0 aromatic heterocycles. The molecule has 0 heterocycles. The molecule has 0 spiro atoms. The van der Waals surface area contributed by atoms with Gasteiger partial charge in [0.1, 0.15) is 0 Å². The zero-order valence-electron chi connectivity index (χ0n) is 11.1. The molecule has 0 amide bonds. The Morgan fingerprint density at radius 2 is 1.76 bits per heavy atom. The molecular formula is C15H24O2. The number of hydrogen-bond acceptors (Lipinski definition) is 2. The van der Waals surface area contributed by atoms with E-state index in [0.717, 1.165) is 30.4 Å². The maximum Gasteiger partial charge on any atom is 0.0868 e. The third-order valence-corrected chi connectivity index (χ3v) is 3.20. The van der Waals surface area contributed by atoms with Gasteiger partial charge in [-0.05, 0) is 36.8 Å². The summed E-state index contributed by atoms with van der Waals surface area (Å²) in [5.41, 5.74) is 1.05. The number of rotatable bonds is 6. The second-order valence-corrected chi connectivity index (χ2v) is 5.41. The molecule has 96 valence electrons. The molecule has 2 N–H and O–H groups in total. The van der Waals surface area contributed by atoms with Crippen molar-refractivity contribution in [1.82, 2.24) is 0 Å². The first-order valence-electron chi connectivity index (χ1n) is 6.38. The zero-order valence-corrected chi connectivity index (χ0v) is 11.1. The minimum atomic E-state index is -0.761. The van der Waals surface area contributed by atoms with Crippen molar-refractivity contribution >= 4 is 0 Å². The van der Waals surface area contributed by atoms with Gasteiger partial charge in [0, 0.05) is 0 Å². The van der Waals surface area contributed by atoms with Crippen molar-refractivity contribution in [1.29, 1.82) is 0 Å². The van der Waals surface area contributed by atoms with Crippen molar-refractivity contribution in [3.8, 4) is 0 Å². The molecule has 2 heteroatoms. The average Bonchev–Trinajstić information content (AvgIpc) is 2.28. The summed E-state index contributed by atoms with van der Waals surface area (Å²) in [5, 5.41) is 19.4. The zero-order chi connectivity index (χ0) is 12.9. The van der Waals surface area contributed by atoms with E-state index in [2.05, 4.69) is 13.8 Å². The van der Waals surface area contributed by atoms with E-state index in [1.807, 2.05) is 31.2 Å². The molecule has 0 bridgehead atoms. The summed E-state index contributed by atoms with van der Waals surface area (Å²) in [6.45, 7) is 6.31. The van der Waals surface area contributed by atoms with Crippen LogP contribution in [0.1, 0.15) is 51.2 Å². The van der Waals surface area contributed by atoms with Crippen LogP contribution in [-0.2, 0) is 12.2 Å². The van der Waals surface area contributed by atoms with E-state index in [-0.39, 0.29) is 6.61 Å². The van der Waals surface area contributed by atoms with Gasteiger partial charge in [0.2, 0.25) is 0 Å². The summed E-state index contributed by atoms with van der Waals surface area (Å²) in [6, 6.07) is 7.54. The molecule has 0 aliphatic rings. The minimum Gasteiger partial charge on any atom is -0.392 e. The van der Waals surface area contributed by atoms with Crippen LogP contribution in [0.25, 0.3) is 0 Å². The highest BCUT2D eigenvalue weighted by atomic mass is 16.3. The second-order valence-electron chi connectivity index (χ2n) is 5.41. The normalized spacial score (nSPS) is 14.9. The molecule has 0 unspecified atom stereocenters. The fourth-order valence-corrected chi connectivity index (χ4v) is 1.97. The monoisotopic (exact) mass is 236 g/mol. The van der Waals surface area contributed by atoms with E-state index >= 15 is 0 Å². The predicted octanol–water partition coefficient (Wildman–Crippen LogP) is 3.21. The van der Waals surface area contributed by atoms with E-state index in [9.17, 15) is 5.11 Å². The molecule has 1 aromatic rings. The Hall–Kier alpha value is -0.860. The Balaban J connectivity index is 2.61. The lowest BCUT2D eigenvalue weighted by molar-refractivity contribution is 0.0441. The van der Waals surface area contributed by atoms with Gasteiger partial charge in [-0.2, -0.15) is 0 Å². The molecule has 1 aromatic carbocycles. The van der Waals surface area contributed by atoms with Gasteiger partial charge in [-0.3, -0.25) is 0 Å². The Bertz CT molecular complexity index is 325. The molecular weight excluding hydrogens is 212 g/mol. The van der Waals surface area contributed by atoms with Gasteiger partial charge in [-0.15, -0.1) is 0 Å². The first kappa shape index (κ1) is 14.2. The van der Waals surface area contributed by atoms with Crippen LogP contribution in [0.15, 0.2) is 24.3 Å². The Labute approximate surface area is 104 Å². The third kappa shape index (κ3) is 4.49. The van der Waals surface area contributed by atoms with E-state index in [0.29, 0.717) is 5.92 Å². The first-order chi connectivity index (χ1) is 7.95. The number of benzene rings is 1. The quantitative estimate of drug-likeness (QED) is 0.796. The van der Waals surface area contributed by atoms with Gasteiger partial charge < -0.3 is 10.2 Å². The smallest absolute Gasteiger partial charge is 0.0868 e. The average molecular weight is 236 g/mol. The molecule has 0 aliphatic carbocycles. The van der Waals surface area contributed by atoms with Crippen LogP contribution in [-0.4, -0.2) is 10.2 Å². The lowest BCUT2D eigenvalue weighted by Crippen LogP contribution is -2.21. The van der Waals surface area contributed by atoms with Crippen molar-refractivity contribution in [3.05, 3.63) is 35.4 Å². The topological polar surface area (TPSA) is 40.5 Å². The highest BCUT2D eigenvalue weighted by Gasteiger charge is 2.22. The molecule has 1 rings (SSSR count). The van der Waals surface area contributed by atoms with Crippen LogP contribution < -0.4 is 0 Å². The van der Waals surface area contributed by atoms with E-state index in [1.165, 1.54) is 0 Å². The predicted molar refractivity (Wildman–Crippen MR) is 70.6 cm³/mol. The summed E-state index contributed by atoms with van der Waals surface area (Å²) in [5.74, 6) is 0.683. The van der Waals surface area contributed by atoms with Crippen molar-refractivity contribution in [3.63, 3.8) is 0 Å². The Morgan fingerprint density at radius 3 is 2.24 bits per heavy atom. The van der Waals surface area contributed by atoms with Gasteiger partial charge in [0.25, 0.3) is 0 Å². The second kappa shape index (κ2) is 6.18. The highest BCUT2D eigenvalue weighted by Crippen LogP contribution is 2.27. The van der Waals surface area contributed by atoms with Gasteiger partial charge >= 0.3 is 0 Å². The molecule has 0 aliphatic heterocycles. The standard InChI is InChI=1S/C15H24O2/c1-12(2)5-4-10-15(3,17)14-8-6-13(11-16)7-9-14/h6-9,12,16-17H,4-5,10-11H2,1-3H3/t15-/m1/s1. The maximum absolute atomic E-state index is 10.4. The third-order valence-electron chi connectivity index (χ3n) is 3.20. The largest absolute Gasteiger partial charge is 0.392 e. The fourth-order valence-electron chi connectivity index (χ4n) is 1.97. The van der Waals surface area contributed by atoms with Crippen molar-refractivity contribution in [2.75, 3.05) is 0 Å². The minimum absolute atomic E-state index is 0.0514. The first-order valence-corrected chi connectivity index (χ1v) is 6.38. The molecule has 0 saturated heterocycles. The molecule has 0 saturated carbocycles. The maximum atomic E-state index is 10.4. The number of aliphatic hydroxyl groups is 2. The summed E-state index contributed by atoms with van der Waals surface area (Å²) in [4.78, 5) is 0. The molecule has 2 nitrogen and oxygen atoms in total. The molecule has 0 radical (unpaired) electrons. The lowest BCUT2D eigenvalue weighted by atomic mass is 9.89. The van der Waals surface area contributed by atoms with Gasteiger partial charge in [-0.1, -0.05) is 44.5 Å². The number of hydrogen-bond donors (Lipinski definition) is 2. The fraction of sp³-hybridized carbons (Fsp3) is 0.600. The van der Waals surface area contributed by atoms with Gasteiger partial charge in [0.15, 0.2) is 0 Å². The van der Waals surface area contributed by atoms with Crippen LogP contribution >= 0.6 is 0 Å². The molecule has 17 heavy (non-hydrogen) atoms. The SMILES string of the molecule is CC(C)CCC[C@@](C)(O)c1ccc(CO)cc1. The van der Waals surface area contributed by atoms with Crippen LogP contribution in [0.4, 0.5) is 0 Å². The Morgan fingerprint density at radius 1 is 1.18 bits per heavy atom. The van der Waals surface area contributed by atoms with Gasteiger partial charge in [-0.25, -0.2) is 0 Å². The summed E-state index contributed by atoms with van der Waals surface area (Å²) < 4.78 is 0. The van der Waals surface area contributed by atoms with E-state index in [4.69, 9.17) is 5.11 Å². The van der Waals surface area contributed by atoms with Crippen LogP contribution in [0, 0.1) is 5.92 Å². The van der Waals surface area contributed by atoms with E-state index < -0.39 is 5.60 Å². The highest BCUT2D eigenvalue weighted by molar-refractivity contribution is 5.26. The van der Waals surface area contributed by atoms with Crippen molar-refractivity contribution < 1.29 is 10.2 Å². The summed E-state index contributed by atoms with van der Waals surface area (Å²) in [6.07, 6.45) is 2.96. The van der Waals surface area contributed by atoms with Crippen LogP contribution in [0.2, 0.25) is 0 Å². The summed E-state index contributed by atoms with van der Waals surface area (Å²) >= 11 is 0.